The van der Waals surface area contributed by atoms with Gasteiger partial charge in [0, 0.05) is 17.0 Å². The van der Waals surface area contributed by atoms with Crippen molar-refractivity contribution < 1.29 is 4.57 Å². The molecule has 14 heavy (non-hydrogen) atoms. The van der Waals surface area contributed by atoms with E-state index < -0.39 is 0 Å². The van der Waals surface area contributed by atoms with E-state index in [4.69, 9.17) is 0 Å². The van der Waals surface area contributed by atoms with Gasteiger partial charge in [0.15, 0.2) is 6.20 Å². The third-order valence-electron chi connectivity index (χ3n) is 2.10. The van der Waals surface area contributed by atoms with E-state index in [1.807, 2.05) is 13.8 Å². The molecule has 0 radical (unpaired) electrons. The molecule has 2 aromatic rings. The fourth-order valence-electron chi connectivity index (χ4n) is 1.59. The second-order valence-corrected chi connectivity index (χ2v) is 3.19. The molecule has 1 aromatic carbocycles. The summed E-state index contributed by atoms with van der Waals surface area (Å²) in [7, 11) is 2.08. The molecule has 0 atom stereocenters. The number of fused-ring (bicyclic) bond motifs is 1. The first-order valence-corrected chi connectivity index (χ1v) is 5.12. The minimum absolute atomic E-state index is 1.28. The first-order valence-electron chi connectivity index (χ1n) is 5.12. The van der Waals surface area contributed by atoms with Gasteiger partial charge in [0.25, 0.3) is 0 Å². The lowest BCUT2D eigenvalue weighted by atomic mass is 10.2. The molecule has 0 bridgehead atoms. The first-order chi connectivity index (χ1) is 6.77. The van der Waals surface area contributed by atoms with Crippen LogP contribution in [0, 0.1) is 6.92 Å². The Morgan fingerprint density at radius 1 is 1.07 bits per heavy atom. The summed E-state index contributed by atoms with van der Waals surface area (Å²) >= 11 is 0. The molecule has 0 spiro atoms. The van der Waals surface area contributed by atoms with E-state index in [1.165, 1.54) is 16.5 Å². The Bertz CT molecular complexity index is 419. The van der Waals surface area contributed by atoms with E-state index in [0.717, 1.165) is 0 Å². The lowest BCUT2D eigenvalue weighted by Gasteiger charge is -1.96. The van der Waals surface area contributed by atoms with Crippen LogP contribution in [0.15, 0.2) is 36.5 Å². The van der Waals surface area contributed by atoms with Gasteiger partial charge >= 0.3 is 0 Å². The Balaban J connectivity index is 0.000000461. The predicted octanol–water partition coefficient (Wildman–Crippen LogP) is 3.00. The van der Waals surface area contributed by atoms with Gasteiger partial charge in [-0.25, -0.2) is 4.57 Å². The SMILES string of the molecule is CC.Cc1cc2ccccc2[n+](C)c1. The summed E-state index contributed by atoms with van der Waals surface area (Å²) in [5.74, 6) is 0. The van der Waals surface area contributed by atoms with E-state index in [-0.39, 0.29) is 0 Å². The molecule has 0 aliphatic carbocycles. The van der Waals surface area contributed by atoms with Crippen LogP contribution in [0.4, 0.5) is 0 Å². The average Bonchev–Trinajstić information content (AvgIpc) is 2.20. The predicted molar refractivity (Wildman–Crippen MR) is 61.2 cm³/mol. The molecular weight excluding hydrogens is 170 g/mol. The van der Waals surface area contributed by atoms with Crippen LogP contribution < -0.4 is 4.57 Å². The highest BCUT2D eigenvalue weighted by atomic mass is 14.9. The number of hydrogen-bond donors (Lipinski definition) is 0. The van der Waals surface area contributed by atoms with Crippen LogP contribution in [0.2, 0.25) is 0 Å². The Morgan fingerprint density at radius 2 is 1.71 bits per heavy atom. The molecule has 1 nitrogen and oxygen atoms in total. The molecule has 0 fully saturated rings. The van der Waals surface area contributed by atoms with Crippen LogP contribution in [0.5, 0.6) is 0 Å². The molecule has 0 aliphatic rings. The van der Waals surface area contributed by atoms with Crippen molar-refractivity contribution in [1.82, 2.24) is 0 Å². The number of benzene rings is 1. The van der Waals surface area contributed by atoms with E-state index in [9.17, 15) is 0 Å². The first kappa shape index (κ1) is 10.7. The van der Waals surface area contributed by atoms with Gasteiger partial charge in [-0.1, -0.05) is 26.0 Å². The third-order valence-corrected chi connectivity index (χ3v) is 2.10. The molecule has 0 N–H and O–H groups in total. The van der Waals surface area contributed by atoms with E-state index >= 15 is 0 Å². The van der Waals surface area contributed by atoms with Gasteiger partial charge in [0.2, 0.25) is 5.52 Å². The lowest BCUT2D eigenvalue weighted by molar-refractivity contribution is -0.645. The van der Waals surface area contributed by atoms with E-state index in [0.29, 0.717) is 0 Å². The number of hydrogen-bond acceptors (Lipinski definition) is 0. The molecule has 0 unspecified atom stereocenters. The van der Waals surface area contributed by atoms with Crippen LogP contribution in [0.3, 0.4) is 0 Å². The number of para-hydroxylation sites is 1. The molecule has 1 aromatic heterocycles. The Kier molecular flexibility index (Phi) is 3.63. The minimum Gasteiger partial charge on any atom is -0.201 e. The summed E-state index contributed by atoms with van der Waals surface area (Å²) in [6, 6.07) is 10.6. The Morgan fingerprint density at radius 3 is 2.43 bits per heavy atom. The van der Waals surface area contributed by atoms with Crippen LogP contribution >= 0.6 is 0 Å². The molecule has 1 heteroatoms. The maximum atomic E-state index is 2.20. The van der Waals surface area contributed by atoms with Gasteiger partial charge in [-0.3, -0.25) is 0 Å². The summed E-state index contributed by atoms with van der Waals surface area (Å²) in [4.78, 5) is 0. The fourth-order valence-corrected chi connectivity index (χ4v) is 1.59. The maximum Gasteiger partial charge on any atom is 0.212 e. The quantitative estimate of drug-likeness (QED) is 0.560. The standard InChI is InChI=1S/C11H12N.C2H6/c1-9-7-10-5-3-4-6-11(10)12(2)8-9;1-2/h3-8H,1-2H3;1-2H3/q+1;. The molecular formula is C13H18N+. The Hall–Kier alpha value is -1.37. The second-order valence-electron chi connectivity index (χ2n) is 3.19. The van der Waals surface area contributed by atoms with Crippen LogP contribution in [0.25, 0.3) is 10.9 Å². The molecule has 2 rings (SSSR count). The van der Waals surface area contributed by atoms with Crippen molar-refractivity contribution >= 4 is 10.9 Å². The zero-order chi connectivity index (χ0) is 10.6. The highest BCUT2D eigenvalue weighted by molar-refractivity contribution is 5.75. The van der Waals surface area contributed by atoms with Crippen molar-refractivity contribution in [2.24, 2.45) is 7.05 Å². The molecule has 0 aliphatic heterocycles. The minimum atomic E-state index is 1.28. The van der Waals surface area contributed by atoms with E-state index in [2.05, 4.69) is 55.1 Å². The van der Waals surface area contributed by atoms with Gasteiger partial charge in [-0.05, 0) is 19.1 Å². The summed E-state index contributed by atoms with van der Waals surface area (Å²) < 4.78 is 2.16. The zero-order valence-corrected chi connectivity index (χ0v) is 9.41. The van der Waals surface area contributed by atoms with E-state index in [1.54, 1.807) is 0 Å². The van der Waals surface area contributed by atoms with Crippen molar-refractivity contribution in [2.75, 3.05) is 0 Å². The topological polar surface area (TPSA) is 3.88 Å². The smallest absolute Gasteiger partial charge is 0.201 e. The summed E-state index contributed by atoms with van der Waals surface area (Å²) in [6.07, 6.45) is 2.14. The van der Waals surface area contributed by atoms with Crippen LogP contribution in [0.1, 0.15) is 19.4 Å². The van der Waals surface area contributed by atoms with Crippen molar-refractivity contribution in [3.05, 3.63) is 42.1 Å². The van der Waals surface area contributed by atoms with Crippen molar-refractivity contribution in [3.63, 3.8) is 0 Å². The average molecular weight is 188 g/mol. The zero-order valence-electron chi connectivity index (χ0n) is 9.41. The maximum absolute atomic E-state index is 2.20. The van der Waals surface area contributed by atoms with Gasteiger partial charge < -0.3 is 0 Å². The van der Waals surface area contributed by atoms with Gasteiger partial charge in [-0.2, -0.15) is 0 Å². The highest BCUT2D eigenvalue weighted by Crippen LogP contribution is 2.09. The van der Waals surface area contributed by atoms with Crippen molar-refractivity contribution in [1.29, 1.82) is 0 Å². The fraction of sp³-hybridized carbons (Fsp3) is 0.308. The number of aryl methyl sites for hydroxylation is 2. The largest absolute Gasteiger partial charge is 0.212 e. The number of pyridine rings is 1. The van der Waals surface area contributed by atoms with Crippen LogP contribution in [-0.4, -0.2) is 0 Å². The number of rotatable bonds is 0. The number of aromatic nitrogens is 1. The normalized spacial score (nSPS) is 9.43. The molecule has 0 amide bonds. The molecule has 0 saturated carbocycles. The number of nitrogens with zero attached hydrogens (tertiary/aromatic N) is 1. The monoisotopic (exact) mass is 188 g/mol. The van der Waals surface area contributed by atoms with Crippen molar-refractivity contribution in [2.45, 2.75) is 20.8 Å². The second kappa shape index (κ2) is 4.75. The summed E-state index contributed by atoms with van der Waals surface area (Å²) in [5, 5.41) is 1.31. The Labute approximate surface area is 86.0 Å². The molecule has 74 valence electrons. The lowest BCUT2D eigenvalue weighted by Crippen LogP contribution is -2.28. The van der Waals surface area contributed by atoms with Gasteiger partial charge in [0.05, 0.1) is 0 Å². The van der Waals surface area contributed by atoms with Gasteiger partial charge in [-0.15, -0.1) is 0 Å². The highest BCUT2D eigenvalue weighted by Gasteiger charge is 2.02. The van der Waals surface area contributed by atoms with Gasteiger partial charge in [0.1, 0.15) is 7.05 Å². The van der Waals surface area contributed by atoms with Crippen molar-refractivity contribution in [3.8, 4) is 0 Å². The molecule has 0 saturated heterocycles. The van der Waals surface area contributed by atoms with Crippen LogP contribution in [-0.2, 0) is 7.05 Å². The molecule has 1 heterocycles. The summed E-state index contributed by atoms with van der Waals surface area (Å²) in [5.41, 5.74) is 2.58. The third kappa shape index (κ3) is 2.11. The summed E-state index contributed by atoms with van der Waals surface area (Å²) in [6.45, 7) is 6.12.